The second-order valence-electron chi connectivity index (χ2n) is 4.26. The van der Waals surface area contributed by atoms with Gasteiger partial charge in [0.05, 0.1) is 10.5 Å². The maximum Gasteiger partial charge on any atom is 0.321 e. The Labute approximate surface area is 118 Å². The number of benzene rings is 1. The van der Waals surface area contributed by atoms with Crippen LogP contribution in [0, 0.1) is 11.3 Å². The number of carboxylic acids is 1. The molecule has 0 spiro atoms. The molecule has 0 heterocycles. The molecule has 1 aromatic rings. The van der Waals surface area contributed by atoms with Gasteiger partial charge in [0.15, 0.2) is 0 Å². The number of carboxylic acid groups (broad SMARTS) is 1. The molecule has 0 unspecified atom stereocenters. The van der Waals surface area contributed by atoms with E-state index >= 15 is 0 Å². The first kappa shape index (κ1) is 16.1. The van der Waals surface area contributed by atoms with Crippen molar-refractivity contribution < 1.29 is 18.3 Å². The van der Waals surface area contributed by atoms with Crippen molar-refractivity contribution in [2.75, 3.05) is 0 Å². The van der Waals surface area contributed by atoms with Gasteiger partial charge >= 0.3 is 5.97 Å². The first-order valence-corrected chi connectivity index (χ1v) is 7.65. The average Bonchev–Trinajstić information content (AvgIpc) is 2.43. The predicted molar refractivity (Wildman–Crippen MR) is 72.4 cm³/mol. The highest BCUT2D eigenvalue weighted by atomic mass is 32.2. The van der Waals surface area contributed by atoms with Crippen LogP contribution in [0.25, 0.3) is 0 Å². The van der Waals surface area contributed by atoms with E-state index in [1.54, 1.807) is 12.1 Å². The molecule has 1 aromatic carbocycles. The maximum atomic E-state index is 12.2. The van der Waals surface area contributed by atoms with E-state index in [0.717, 1.165) is 6.42 Å². The summed E-state index contributed by atoms with van der Waals surface area (Å²) in [6, 6.07) is 6.27. The molecule has 0 bridgehead atoms. The Morgan fingerprint density at radius 3 is 2.65 bits per heavy atom. The Hall–Kier alpha value is -1.91. The summed E-state index contributed by atoms with van der Waals surface area (Å²) in [4.78, 5) is 10.9. The number of sulfonamides is 1. The van der Waals surface area contributed by atoms with E-state index < -0.39 is 22.0 Å². The van der Waals surface area contributed by atoms with Crippen LogP contribution in [0.15, 0.2) is 29.2 Å². The van der Waals surface area contributed by atoms with Crippen LogP contribution >= 0.6 is 0 Å². The Bertz CT molecular complexity index is 620. The highest BCUT2D eigenvalue weighted by Gasteiger charge is 2.26. The van der Waals surface area contributed by atoms with Gasteiger partial charge in [0, 0.05) is 0 Å². The van der Waals surface area contributed by atoms with Crippen LogP contribution in [0.5, 0.6) is 0 Å². The van der Waals surface area contributed by atoms with Crippen molar-refractivity contribution >= 4 is 16.0 Å². The SMILES string of the molecule is CCCC[C@H](NS(=O)(=O)c1ccccc1C#N)C(=O)O. The molecule has 0 aliphatic carbocycles. The summed E-state index contributed by atoms with van der Waals surface area (Å²) in [5, 5.41) is 18.0. The summed E-state index contributed by atoms with van der Waals surface area (Å²) in [6.07, 6.45) is 1.57. The monoisotopic (exact) mass is 296 g/mol. The van der Waals surface area contributed by atoms with Gasteiger partial charge in [0.25, 0.3) is 0 Å². The fraction of sp³-hybridized carbons (Fsp3) is 0.385. The quantitative estimate of drug-likeness (QED) is 0.792. The Balaban J connectivity index is 3.04. The molecular formula is C13H16N2O4S. The van der Waals surface area contributed by atoms with Crippen LogP contribution in [0.2, 0.25) is 0 Å². The van der Waals surface area contributed by atoms with Crippen molar-refractivity contribution in [1.29, 1.82) is 5.26 Å². The molecule has 6 nitrogen and oxygen atoms in total. The average molecular weight is 296 g/mol. The minimum Gasteiger partial charge on any atom is -0.480 e. The summed E-state index contributed by atoms with van der Waals surface area (Å²) in [6.45, 7) is 1.89. The lowest BCUT2D eigenvalue weighted by Gasteiger charge is -2.15. The third-order valence-electron chi connectivity index (χ3n) is 2.74. The Kier molecular flexibility index (Phi) is 5.67. The number of unbranched alkanes of at least 4 members (excludes halogenated alkanes) is 1. The van der Waals surface area contributed by atoms with Gasteiger partial charge in [-0.3, -0.25) is 4.79 Å². The van der Waals surface area contributed by atoms with Crippen molar-refractivity contribution in [2.24, 2.45) is 0 Å². The summed E-state index contributed by atoms with van der Waals surface area (Å²) in [5.41, 5.74) is -0.0142. The first-order chi connectivity index (χ1) is 9.42. The number of nitriles is 1. The third kappa shape index (κ3) is 4.05. The molecule has 1 atom stereocenters. The minimum atomic E-state index is -4.03. The molecule has 0 radical (unpaired) electrons. The number of rotatable bonds is 7. The van der Waals surface area contributed by atoms with Gasteiger partial charge in [0.1, 0.15) is 12.1 Å². The zero-order valence-corrected chi connectivity index (χ0v) is 11.9. The number of carbonyl (C=O) groups is 1. The predicted octanol–water partition coefficient (Wildman–Crippen LogP) is 1.48. The summed E-state index contributed by atoms with van der Waals surface area (Å²) in [5.74, 6) is -1.23. The molecule has 7 heteroatoms. The fourth-order valence-electron chi connectivity index (χ4n) is 1.69. The molecule has 0 aromatic heterocycles. The fourth-order valence-corrected chi connectivity index (χ4v) is 3.07. The van der Waals surface area contributed by atoms with Gasteiger partial charge in [-0.2, -0.15) is 9.98 Å². The van der Waals surface area contributed by atoms with Gasteiger partial charge in [-0.1, -0.05) is 31.9 Å². The molecule has 0 saturated heterocycles. The zero-order valence-electron chi connectivity index (χ0n) is 11.0. The normalized spacial score (nSPS) is 12.6. The maximum absolute atomic E-state index is 12.2. The van der Waals surface area contributed by atoms with E-state index in [-0.39, 0.29) is 16.9 Å². The molecule has 1 rings (SSSR count). The highest BCUT2D eigenvalue weighted by molar-refractivity contribution is 7.89. The summed E-state index contributed by atoms with van der Waals surface area (Å²) < 4.78 is 26.5. The van der Waals surface area contributed by atoms with Gasteiger partial charge in [0.2, 0.25) is 10.0 Å². The topological polar surface area (TPSA) is 107 Å². The number of hydrogen-bond donors (Lipinski definition) is 2. The molecular weight excluding hydrogens is 280 g/mol. The highest BCUT2D eigenvalue weighted by Crippen LogP contribution is 2.15. The number of aliphatic carboxylic acids is 1. The molecule has 108 valence electrons. The van der Waals surface area contributed by atoms with E-state index in [1.807, 2.05) is 6.92 Å². The van der Waals surface area contributed by atoms with Crippen molar-refractivity contribution in [3.63, 3.8) is 0 Å². The lowest BCUT2D eigenvalue weighted by atomic mass is 10.1. The van der Waals surface area contributed by atoms with E-state index in [2.05, 4.69) is 4.72 Å². The summed E-state index contributed by atoms with van der Waals surface area (Å²) in [7, 11) is -4.03. The molecule has 20 heavy (non-hydrogen) atoms. The summed E-state index contributed by atoms with van der Waals surface area (Å²) >= 11 is 0. The number of nitrogens with zero attached hydrogens (tertiary/aromatic N) is 1. The lowest BCUT2D eigenvalue weighted by molar-refractivity contribution is -0.139. The second kappa shape index (κ2) is 7.03. The zero-order chi connectivity index (χ0) is 15.2. The van der Waals surface area contributed by atoms with Gasteiger partial charge in [-0.25, -0.2) is 8.42 Å². The molecule has 0 amide bonds. The Morgan fingerprint density at radius 2 is 2.10 bits per heavy atom. The molecule has 0 saturated carbocycles. The van der Waals surface area contributed by atoms with Crippen molar-refractivity contribution in [3.05, 3.63) is 29.8 Å². The molecule has 2 N–H and O–H groups in total. The van der Waals surface area contributed by atoms with Gasteiger partial charge in [-0.05, 0) is 18.6 Å². The third-order valence-corrected chi connectivity index (χ3v) is 4.27. The molecule has 0 fully saturated rings. The standard InChI is InChI=1S/C13H16N2O4S/c1-2-3-7-11(13(16)17)15-20(18,19)12-8-5-4-6-10(12)9-14/h4-6,8,11,15H,2-3,7H2,1H3,(H,16,17)/t11-/m0/s1. The van der Waals surface area contributed by atoms with Crippen LogP contribution in [0.1, 0.15) is 31.7 Å². The largest absolute Gasteiger partial charge is 0.480 e. The number of nitrogens with one attached hydrogen (secondary N) is 1. The van der Waals surface area contributed by atoms with E-state index in [0.29, 0.717) is 6.42 Å². The van der Waals surface area contributed by atoms with Crippen LogP contribution < -0.4 is 4.72 Å². The second-order valence-corrected chi connectivity index (χ2v) is 5.94. The van der Waals surface area contributed by atoms with Crippen LogP contribution in [0.3, 0.4) is 0 Å². The van der Waals surface area contributed by atoms with Gasteiger partial charge in [-0.15, -0.1) is 0 Å². The van der Waals surface area contributed by atoms with Crippen molar-refractivity contribution in [2.45, 2.75) is 37.1 Å². The van der Waals surface area contributed by atoms with Crippen molar-refractivity contribution in [3.8, 4) is 6.07 Å². The first-order valence-electron chi connectivity index (χ1n) is 6.16. The van der Waals surface area contributed by atoms with Crippen molar-refractivity contribution in [1.82, 2.24) is 4.72 Å². The lowest BCUT2D eigenvalue weighted by Crippen LogP contribution is -2.40. The van der Waals surface area contributed by atoms with Crippen LogP contribution in [0.4, 0.5) is 0 Å². The number of hydrogen-bond acceptors (Lipinski definition) is 4. The van der Waals surface area contributed by atoms with Crippen LogP contribution in [-0.2, 0) is 14.8 Å². The van der Waals surface area contributed by atoms with Gasteiger partial charge < -0.3 is 5.11 Å². The molecule has 0 aliphatic heterocycles. The minimum absolute atomic E-state index is 0.0142. The van der Waals surface area contributed by atoms with E-state index in [9.17, 15) is 13.2 Å². The smallest absolute Gasteiger partial charge is 0.321 e. The van der Waals surface area contributed by atoms with E-state index in [4.69, 9.17) is 10.4 Å². The molecule has 0 aliphatic rings. The van der Waals surface area contributed by atoms with E-state index in [1.165, 1.54) is 18.2 Å². The van der Waals surface area contributed by atoms with Crippen LogP contribution in [-0.4, -0.2) is 25.5 Å². The Morgan fingerprint density at radius 1 is 1.45 bits per heavy atom.